The van der Waals surface area contributed by atoms with E-state index >= 15 is 0 Å². The molecule has 0 radical (unpaired) electrons. The second-order valence-electron chi connectivity index (χ2n) is 9.00. The summed E-state index contributed by atoms with van der Waals surface area (Å²) in [6.45, 7) is 30.0. The minimum absolute atomic E-state index is 0.434. The van der Waals surface area contributed by atoms with Crippen LogP contribution in [-0.2, 0) is 6.54 Å². The van der Waals surface area contributed by atoms with E-state index in [1.54, 1.807) is 6.26 Å². The van der Waals surface area contributed by atoms with Gasteiger partial charge in [-0.15, -0.1) is 0 Å². The van der Waals surface area contributed by atoms with Crippen molar-refractivity contribution < 1.29 is 4.42 Å². The third kappa shape index (κ3) is 17.4. The number of rotatable bonds is 12. The molecule has 0 amide bonds. The van der Waals surface area contributed by atoms with Crippen LogP contribution in [0, 0.1) is 11.8 Å². The van der Waals surface area contributed by atoms with Crippen molar-refractivity contribution in [1.29, 1.82) is 0 Å². The van der Waals surface area contributed by atoms with E-state index in [-0.39, 0.29) is 0 Å². The highest BCUT2D eigenvalue weighted by Gasteiger charge is 2.20. The summed E-state index contributed by atoms with van der Waals surface area (Å²) >= 11 is 7.17. The summed E-state index contributed by atoms with van der Waals surface area (Å²) in [7, 11) is 0. The van der Waals surface area contributed by atoms with Crippen LogP contribution in [0.1, 0.15) is 135 Å². The molecule has 1 unspecified atom stereocenters. The number of amidine groups is 1. The molecule has 0 aliphatic rings. The lowest BCUT2D eigenvalue weighted by Gasteiger charge is -2.22. The van der Waals surface area contributed by atoms with Crippen molar-refractivity contribution >= 4 is 17.4 Å². The van der Waals surface area contributed by atoms with Gasteiger partial charge in [-0.05, 0) is 76.0 Å². The summed E-state index contributed by atoms with van der Waals surface area (Å²) in [5.41, 5.74) is 4.59. The molecule has 0 saturated carbocycles. The minimum atomic E-state index is 0.434. The van der Waals surface area contributed by atoms with Crippen LogP contribution >= 0.6 is 11.6 Å². The summed E-state index contributed by atoms with van der Waals surface area (Å²) in [4.78, 5) is 4.91. The molecule has 1 aromatic heterocycles. The van der Waals surface area contributed by atoms with Crippen molar-refractivity contribution in [1.82, 2.24) is 5.32 Å². The number of furan rings is 1. The lowest BCUT2D eigenvalue weighted by molar-refractivity contribution is 0.512. The zero-order chi connectivity index (χ0) is 29.4. The molecule has 4 heteroatoms. The van der Waals surface area contributed by atoms with Crippen LogP contribution in [0.4, 0.5) is 0 Å². The zero-order valence-corrected chi connectivity index (χ0v) is 27.7. The molecule has 37 heavy (non-hydrogen) atoms. The molecule has 0 aliphatic heterocycles. The van der Waals surface area contributed by atoms with Gasteiger partial charge >= 0.3 is 0 Å². The Morgan fingerprint density at radius 2 is 1.62 bits per heavy atom. The smallest absolute Gasteiger partial charge is 0.134 e. The Labute approximate surface area is 237 Å². The fourth-order valence-corrected chi connectivity index (χ4v) is 3.88. The topological polar surface area (TPSA) is 37.5 Å². The number of halogens is 1. The minimum Gasteiger partial charge on any atom is -0.467 e. The highest BCUT2D eigenvalue weighted by atomic mass is 35.5. The van der Waals surface area contributed by atoms with Crippen molar-refractivity contribution in [2.45, 2.75) is 136 Å². The van der Waals surface area contributed by atoms with Gasteiger partial charge in [0.05, 0.1) is 17.8 Å². The Morgan fingerprint density at radius 3 is 2.05 bits per heavy atom. The van der Waals surface area contributed by atoms with Crippen molar-refractivity contribution in [3.05, 3.63) is 57.7 Å². The number of nitrogens with zero attached hydrogens (tertiary/aromatic N) is 1. The van der Waals surface area contributed by atoms with Crippen molar-refractivity contribution in [2.24, 2.45) is 16.8 Å². The van der Waals surface area contributed by atoms with Gasteiger partial charge in [0.1, 0.15) is 11.6 Å². The average Bonchev–Trinajstić information content (AvgIpc) is 3.43. The second-order valence-corrected chi connectivity index (χ2v) is 9.38. The van der Waals surface area contributed by atoms with Crippen LogP contribution in [0.25, 0.3) is 0 Å². The van der Waals surface area contributed by atoms with Gasteiger partial charge in [0.15, 0.2) is 0 Å². The number of hydrogen-bond donors (Lipinski definition) is 1. The Balaban J connectivity index is -0.00000179. The maximum absolute atomic E-state index is 7.17. The Hall–Kier alpha value is -1.74. The Morgan fingerprint density at radius 1 is 1.03 bits per heavy atom. The van der Waals surface area contributed by atoms with E-state index in [0.717, 1.165) is 65.6 Å². The molecule has 0 saturated heterocycles. The maximum atomic E-state index is 7.17. The Kier molecular flexibility index (Phi) is 27.8. The van der Waals surface area contributed by atoms with Gasteiger partial charge in [-0.25, -0.2) is 0 Å². The normalized spacial score (nSPS) is 12.6. The molecular weight excluding hydrogens is 476 g/mol. The molecule has 1 rings (SSSR count). The molecule has 1 atom stereocenters. The quantitative estimate of drug-likeness (QED) is 0.164. The molecule has 1 aromatic rings. The van der Waals surface area contributed by atoms with E-state index in [1.807, 2.05) is 53.7 Å². The summed E-state index contributed by atoms with van der Waals surface area (Å²) in [6.07, 6.45) is 9.27. The van der Waals surface area contributed by atoms with E-state index in [4.69, 9.17) is 21.0 Å². The molecule has 216 valence electrons. The third-order valence-corrected chi connectivity index (χ3v) is 5.90. The van der Waals surface area contributed by atoms with Crippen LogP contribution in [-0.4, -0.2) is 5.84 Å². The van der Waals surface area contributed by atoms with Crippen LogP contribution in [0.5, 0.6) is 0 Å². The first-order chi connectivity index (χ1) is 17.7. The Bertz CT molecular complexity index is 779. The van der Waals surface area contributed by atoms with Crippen molar-refractivity contribution in [3.8, 4) is 0 Å². The van der Waals surface area contributed by atoms with Gasteiger partial charge in [-0.3, -0.25) is 4.99 Å². The second kappa shape index (κ2) is 25.9. The number of hydrogen-bond acceptors (Lipinski definition) is 2. The summed E-state index contributed by atoms with van der Waals surface area (Å²) in [5.74, 6) is 2.73. The van der Waals surface area contributed by atoms with Gasteiger partial charge in [0, 0.05) is 11.3 Å². The first kappa shape index (κ1) is 39.8. The van der Waals surface area contributed by atoms with Crippen LogP contribution in [0.3, 0.4) is 0 Å². The number of aliphatic imine (C=N–C) groups is 1. The molecule has 1 N–H and O–H groups in total. The highest BCUT2D eigenvalue weighted by Crippen LogP contribution is 2.33. The molecule has 1 heterocycles. The molecule has 3 nitrogen and oxygen atoms in total. The van der Waals surface area contributed by atoms with Crippen molar-refractivity contribution in [2.75, 3.05) is 0 Å². The number of nitrogens with one attached hydrogen (secondary N) is 1. The fraction of sp³-hybridized carbons (Fsp3) is 0.667. The van der Waals surface area contributed by atoms with Gasteiger partial charge in [0.2, 0.25) is 0 Å². The molecular formula is C33H61ClN2O. The molecule has 0 spiro atoms. The summed E-state index contributed by atoms with van der Waals surface area (Å²) in [5, 5.41) is 4.40. The fourth-order valence-electron chi connectivity index (χ4n) is 3.32. The van der Waals surface area contributed by atoms with E-state index in [9.17, 15) is 0 Å². The van der Waals surface area contributed by atoms with Gasteiger partial charge < -0.3 is 9.73 Å². The van der Waals surface area contributed by atoms with E-state index in [1.165, 1.54) is 5.57 Å². The molecule has 0 aliphatic carbocycles. The molecule has 0 aromatic carbocycles. The third-order valence-electron chi connectivity index (χ3n) is 5.46. The molecule has 0 fully saturated rings. The largest absolute Gasteiger partial charge is 0.467 e. The standard InChI is InChI=1S/C27H43ClN2O.3C2H6/c1-9-11-13-22(8)30-27(29-18-23-14-12-17-31-23)25(20(5)6)26(28)24(21(7)10-2)16-15-19(3)4;3*1-2/h12-14,17,19,21H,9-11,15-16,18H2,1-8H3,(H,29,30);3*1-2H3/b22-13+,26-24+;;;. The van der Waals surface area contributed by atoms with Gasteiger partial charge in [0.25, 0.3) is 0 Å². The van der Waals surface area contributed by atoms with E-state index in [2.05, 4.69) is 66.8 Å². The number of unbranched alkanes of at least 4 members (excludes halogenated alkanes) is 1. The summed E-state index contributed by atoms with van der Waals surface area (Å²) < 4.78 is 5.51. The summed E-state index contributed by atoms with van der Waals surface area (Å²) in [6, 6.07) is 3.85. The van der Waals surface area contributed by atoms with Crippen LogP contribution < -0.4 is 5.32 Å². The van der Waals surface area contributed by atoms with Crippen molar-refractivity contribution in [3.63, 3.8) is 0 Å². The highest BCUT2D eigenvalue weighted by molar-refractivity contribution is 6.36. The van der Waals surface area contributed by atoms with E-state index in [0.29, 0.717) is 18.4 Å². The average molecular weight is 537 g/mol. The molecule has 0 bridgehead atoms. The monoisotopic (exact) mass is 536 g/mol. The first-order valence-electron chi connectivity index (χ1n) is 14.8. The predicted octanol–water partition coefficient (Wildman–Crippen LogP) is 11.9. The van der Waals surface area contributed by atoms with Crippen LogP contribution in [0.2, 0.25) is 0 Å². The maximum Gasteiger partial charge on any atom is 0.134 e. The predicted molar refractivity (Wildman–Crippen MR) is 170 cm³/mol. The van der Waals surface area contributed by atoms with E-state index < -0.39 is 0 Å². The SMILES string of the molecule is CC.CC.CC.CCC/C=C(\C)NC(=NCc1ccco1)C(=C(C)C)/C(Cl)=C(/CCC(C)C)C(C)CC. The first-order valence-corrected chi connectivity index (χ1v) is 15.2. The van der Waals surface area contributed by atoms with Crippen LogP contribution in [0.15, 0.2) is 61.3 Å². The lowest BCUT2D eigenvalue weighted by Crippen LogP contribution is -2.26. The zero-order valence-electron chi connectivity index (χ0n) is 26.9. The van der Waals surface area contributed by atoms with Gasteiger partial charge in [-0.1, -0.05) is 106 Å². The lowest BCUT2D eigenvalue weighted by atomic mass is 9.89. The van der Waals surface area contributed by atoms with Gasteiger partial charge in [-0.2, -0.15) is 0 Å². The number of allylic oxidation sites excluding steroid dienone is 4.